The standard InChI is InChI=1S/C19H25NO/c1-2-15(12-14-6-4-3-5-7-14)18-13-19(18)20-16-8-10-17(21)11-9-16/h3-7,12,16,18-20H,2,8-11,13H2,1H3/b15-12+/t18?,19-/m1/s1. The minimum absolute atomic E-state index is 0.443. The van der Waals surface area contributed by atoms with Crippen molar-refractivity contribution in [1.29, 1.82) is 0 Å². The van der Waals surface area contributed by atoms with E-state index >= 15 is 0 Å². The second-order valence-electron chi connectivity index (χ2n) is 6.41. The van der Waals surface area contributed by atoms with Gasteiger partial charge in [-0.25, -0.2) is 0 Å². The van der Waals surface area contributed by atoms with Crippen molar-refractivity contribution in [1.82, 2.24) is 5.32 Å². The molecule has 2 heteroatoms. The molecular formula is C19H25NO. The van der Waals surface area contributed by atoms with E-state index in [4.69, 9.17) is 0 Å². The first-order chi connectivity index (χ1) is 10.3. The summed E-state index contributed by atoms with van der Waals surface area (Å²) in [6.07, 6.45) is 8.36. The number of ketones is 1. The van der Waals surface area contributed by atoms with Crippen LogP contribution in [-0.2, 0) is 4.79 Å². The Bertz CT molecular complexity index is 510. The lowest BCUT2D eigenvalue weighted by atomic mass is 9.94. The van der Waals surface area contributed by atoms with Crippen molar-refractivity contribution in [3.05, 3.63) is 41.5 Å². The molecule has 0 amide bonds. The molecule has 21 heavy (non-hydrogen) atoms. The Kier molecular flexibility index (Phi) is 4.54. The Hall–Kier alpha value is -1.41. The third-order valence-electron chi connectivity index (χ3n) is 4.82. The fourth-order valence-electron chi connectivity index (χ4n) is 3.43. The molecule has 2 aliphatic rings. The molecule has 0 heterocycles. The number of nitrogens with one attached hydrogen (secondary N) is 1. The van der Waals surface area contributed by atoms with E-state index < -0.39 is 0 Å². The average Bonchev–Trinajstić information content (AvgIpc) is 3.27. The SMILES string of the molecule is CC/C(=C\c1ccccc1)C1C[C@H]1NC1CCC(=O)CC1. The van der Waals surface area contributed by atoms with Gasteiger partial charge in [-0.1, -0.05) is 48.9 Å². The molecule has 0 bridgehead atoms. The molecule has 0 aliphatic heterocycles. The quantitative estimate of drug-likeness (QED) is 0.886. The van der Waals surface area contributed by atoms with Crippen molar-refractivity contribution in [2.75, 3.05) is 0 Å². The Labute approximate surface area is 127 Å². The Morgan fingerprint density at radius 2 is 1.95 bits per heavy atom. The molecule has 2 saturated carbocycles. The van der Waals surface area contributed by atoms with Gasteiger partial charge in [0.25, 0.3) is 0 Å². The van der Waals surface area contributed by atoms with Crippen molar-refractivity contribution in [3.63, 3.8) is 0 Å². The van der Waals surface area contributed by atoms with Gasteiger partial charge in [-0.15, -0.1) is 0 Å². The average molecular weight is 283 g/mol. The molecule has 2 fully saturated rings. The number of Topliss-reactive ketones (excluding diaryl/α,β-unsaturated/α-hetero) is 1. The van der Waals surface area contributed by atoms with Gasteiger partial charge in [0.2, 0.25) is 0 Å². The summed E-state index contributed by atoms with van der Waals surface area (Å²) >= 11 is 0. The number of benzene rings is 1. The lowest BCUT2D eigenvalue weighted by Crippen LogP contribution is -2.35. The summed E-state index contributed by atoms with van der Waals surface area (Å²) in [6.45, 7) is 2.25. The highest BCUT2D eigenvalue weighted by molar-refractivity contribution is 5.79. The first-order valence-corrected chi connectivity index (χ1v) is 8.29. The number of carbonyl (C=O) groups excluding carboxylic acids is 1. The van der Waals surface area contributed by atoms with Gasteiger partial charge < -0.3 is 5.32 Å². The van der Waals surface area contributed by atoms with Crippen molar-refractivity contribution >= 4 is 11.9 Å². The fourth-order valence-corrected chi connectivity index (χ4v) is 3.43. The van der Waals surface area contributed by atoms with Crippen LogP contribution in [0.2, 0.25) is 0 Å². The van der Waals surface area contributed by atoms with E-state index in [-0.39, 0.29) is 0 Å². The van der Waals surface area contributed by atoms with Gasteiger partial charge in [-0.3, -0.25) is 4.79 Å². The van der Waals surface area contributed by atoms with Gasteiger partial charge in [0.1, 0.15) is 5.78 Å². The molecule has 1 aromatic carbocycles. The van der Waals surface area contributed by atoms with E-state index in [0.717, 1.165) is 32.1 Å². The topological polar surface area (TPSA) is 29.1 Å². The number of carbonyl (C=O) groups is 1. The molecule has 2 atom stereocenters. The van der Waals surface area contributed by atoms with Gasteiger partial charge in [0.05, 0.1) is 0 Å². The van der Waals surface area contributed by atoms with Crippen LogP contribution < -0.4 is 5.32 Å². The van der Waals surface area contributed by atoms with Gasteiger partial charge >= 0.3 is 0 Å². The van der Waals surface area contributed by atoms with Crippen LogP contribution in [-0.4, -0.2) is 17.9 Å². The van der Waals surface area contributed by atoms with E-state index in [1.807, 2.05) is 0 Å². The molecule has 1 unspecified atom stereocenters. The maximum absolute atomic E-state index is 11.3. The molecule has 2 aliphatic carbocycles. The lowest BCUT2D eigenvalue weighted by molar-refractivity contribution is -0.120. The van der Waals surface area contributed by atoms with Crippen LogP contribution in [0.4, 0.5) is 0 Å². The fraction of sp³-hybridized carbons (Fsp3) is 0.526. The summed E-state index contributed by atoms with van der Waals surface area (Å²) in [7, 11) is 0. The first-order valence-electron chi connectivity index (χ1n) is 8.29. The number of hydrogen-bond donors (Lipinski definition) is 1. The molecule has 0 aromatic heterocycles. The zero-order valence-electron chi connectivity index (χ0n) is 12.8. The smallest absolute Gasteiger partial charge is 0.133 e. The summed E-state index contributed by atoms with van der Waals surface area (Å²) in [5.74, 6) is 1.14. The van der Waals surface area contributed by atoms with Crippen LogP contribution in [0, 0.1) is 5.92 Å². The van der Waals surface area contributed by atoms with Crippen molar-refractivity contribution in [2.24, 2.45) is 5.92 Å². The Morgan fingerprint density at radius 1 is 1.24 bits per heavy atom. The third kappa shape index (κ3) is 3.82. The van der Waals surface area contributed by atoms with Gasteiger partial charge in [0, 0.05) is 24.9 Å². The van der Waals surface area contributed by atoms with Gasteiger partial charge in [-0.05, 0) is 37.2 Å². The summed E-state index contributed by atoms with van der Waals surface area (Å²) < 4.78 is 0. The number of hydrogen-bond acceptors (Lipinski definition) is 2. The second kappa shape index (κ2) is 6.57. The van der Waals surface area contributed by atoms with Crippen molar-refractivity contribution in [2.45, 2.75) is 57.5 Å². The summed E-state index contributed by atoms with van der Waals surface area (Å²) in [4.78, 5) is 11.3. The van der Waals surface area contributed by atoms with E-state index in [0.29, 0.717) is 23.8 Å². The molecule has 2 nitrogen and oxygen atoms in total. The normalized spacial score (nSPS) is 26.9. The van der Waals surface area contributed by atoms with Gasteiger partial charge in [-0.2, -0.15) is 0 Å². The monoisotopic (exact) mass is 283 g/mol. The zero-order valence-corrected chi connectivity index (χ0v) is 12.8. The van der Waals surface area contributed by atoms with Crippen molar-refractivity contribution < 1.29 is 4.79 Å². The van der Waals surface area contributed by atoms with E-state index in [2.05, 4.69) is 48.6 Å². The molecule has 3 rings (SSSR count). The van der Waals surface area contributed by atoms with Crippen LogP contribution in [0.25, 0.3) is 6.08 Å². The first kappa shape index (κ1) is 14.5. The molecule has 112 valence electrons. The highest BCUT2D eigenvalue weighted by atomic mass is 16.1. The van der Waals surface area contributed by atoms with E-state index in [9.17, 15) is 4.79 Å². The van der Waals surface area contributed by atoms with Crippen LogP contribution >= 0.6 is 0 Å². The molecular weight excluding hydrogens is 258 g/mol. The lowest BCUT2D eigenvalue weighted by Gasteiger charge is -2.22. The molecule has 1 aromatic rings. The van der Waals surface area contributed by atoms with E-state index in [1.54, 1.807) is 5.57 Å². The predicted octanol–water partition coefficient (Wildman–Crippen LogP) is 3.97. The van der Waals surface area contributed by atoms with E-state index in [1.165, 1.54) is 12.0 Å². The minimum atomic E-state index is 0.443. The summed E-state index contributed by atoms with van der Waals surface area (Å²) in [5, 5.41) is 3.77. The third-order valence-corrected chi connectivity index (χ3v) is 4.82. The Morgan fingerprint density at radius 3 is 2.62 bits per heavy atom. The predicted molar refractivity (Wildman–Crippen MR) is 87.0 cm³/mol. The second-order valence-corrected chi connectivity index (χ2v) is 6.41. The highest BCUT2D eigenvalue weighted by Gasteiger charge is 2.40. The van der Waals surface area contributed by atoms with Crippen LogP contribution in [0.5, 0.6) is 0 Å². The number of rotatable bonds is 5. The summed E-state index contributed by atoms with van der Waals surface area (Å²) in [5.41, 5.74) is 2.87. The van der Waals surface area contributed by atoms with Crippen LogP contribution in [0.15, 0.2) is 35.9 Å². The molecule has 0 saturated heterocycles. The van der Waals surface area contributed by atoms with Crippen LogP contribution in [0.1, 0.15) is 51.0 Å². The van der Waals surface area contributed by atoms with Gasteiger partial charge in [0.15, 0.2) is 0 Å². The molecule has 0 radical (unpaired) electrons. The maximum atomic E-state index is 11.3. The summed E-state index contributed by atoms with van der Waals surface area (Å²) in [6, 6.07) is 11.8. The van der Waals surface area contributed by atoms with Crippen LogP contribution in [0.3, 0.4) is 0 Å². The van der Waals surface area contributed by atoms with Crippen molar-refractivity contribution in [3.8, 4) is 0 Å². The Balaban J connectivity index is 1.56. The molecule has 0 spiro atoms. The largest absolute Gasteiger partial charge is 0.311 e. The zero-order chi connectivity index (χ0) is 14.7. The minimum Gasteiger partial charge on any atom is -0.311 e. The highest BCUT2D eigenvalue weighted by Crippen LogP contribution is 2.40. The molecule has 1 N–H and O–H groups in total. The maximum Gasteiger partial charge on any atom is 0.133 e.